The maximum absolute atomic E-state index is 12.2. The first kappa shape index (κ1) is 17.5. The van der Waals surface area contributed by atoms with E-state index in [1.54, 1.807) is 0 Å². The highest BCUT2D eigenvalue weighted by Gasteiger charge is 2.12. The lowest BCUT2D eigenvalue weighted by molar-refractivity contribution is -0.123. The molecule has 0 aromatic heterocycles. The molecule has 128 valence electrons. The molecule has 4 heteroatoms. The largest absolute Gasteiger partial charge is 0.483 e. The number of benzene rings is 3. The van der Waals surface area contributed by atoms with Gasteiger partial charge in [0.2, 0.25) is 0 Å². The molecule has 3 aromatic carbocycles. The maximum atomic E-state index is 12.2. The predicted octanol–water partition coefficient (Wildman–Crippen LogP) is 5.17. The normalized spacial score (nSPS) is 12.0. The topological polar surface area (TPSA) is 38.3 Å². The van der Waals surface area contributed by atoms with Crippen molar-refractivity contribution in [3.63, 3.8) is 0 Å². The standard InChI is InChI=1S/C21H20BrNO2/c1-14-7-9-16(10-8-14)15(2)23-20(24)13-25-19-12-11-17-5-3-4-6-18(17)21(19)22/h3-12,15H,13H2,1-2H3,(H,23,24)/t15-/m0/s1. The van der Waals surface area contributed by atoms with E-state index >= 15 is 0 Å². The zero-order valence-electron chi connectivity index (χ0n) is 14.3. The Kier molecular flexibility index (Phi) is 5.39. The van der Waals surface area contributed by atoms with Gasteiger partial charge in [-0.05, 0) is 52.2 Å². The molecule has 1 amide bonds. The smallest absolute Gasteiger partial charge is 0.258 e. The Labute approximate surface area is 156 Å². The lowest BCUT2D eigenvalue weighted by Gasteiger charge is -2.15. The van der Waals surface area contributed by atoms with Crippen molar-refractivity contribution in [1.82, 2.24) is 5.32 Å². The second-order valence-electron chi connectivity index (χ2n) is 6.09. The summed E-state index contributed by atoms with van der Waals surface area (Å²) in [6.45, 7) is 3.99. The maximum Gasteiger partial charge on any atom is 0.258 e. The molecule has 0 saturated heterocycles. The Hall–Kier alpha value is -2.33. The number of aryl methyl sites for hydroxylation is 1. The van der Waals surface area contributed by atoms with Crippen molar-refractivity contribution in [2.24, 2.45) is 0 Å². The molecule has 0 spiro atoms. The Morgan fingerprint density at radius 2 is 1.80 bits per heavy atom. The second-order valence-corrected chi connectivity index (χ2v) is 6.88. The van der Waals surface area contributed by atoms with Crippen molar-refractivity contribution in [3.05, 3.63) is 76.3 Å². The fourth-order valence-electron chi connectivity index (χ4n) is 2.69. The van der Waals surface area contributed by atoms with Crippen molar-refractivity contribution in [2.75, 3.05) is 6.61 Å². The summed E-state index contributed by atoms with van der Waals surface area (Å²) in [4.78, 5) is 12.2. The second kappa shape index (κ2) is 7.70. The number of hydrogen-bond donors (Lipinski definition) is 1. The SMILES string of the molecule is Cc1ccc([C@H](C)NC(=O)COc2ccc3ccccc3c2Br)cc1. The minimum atomic E-state index is -0.145. The Bertz CT molecular complexity index is 890. The minimum Gasteiger partial charge on any atom is -0.483 e. The summed E-state index contributed by atoms with van der Waals surface area (Å²) >= 11 is 3.57. The van der Waals surface area contributed by atoms with Gasteiger partial charge in [-0.3, -0.25) is 4.79 Å². The summed E-state index contributed by atoms with van der Waals surface area (Å²) in [6, 6.07) is 20.0. The number of amides is 1. The van der Waals surface area contributed by atoms with Crippen LogP contribution in [0.4, 0.5) is 0 Å². The van der Waals surface area contributed by atoms with E-state index in [0.717, 1.165) is 20.8 Å². The van der Waals surface area contributed by atoms with Crippen LogP contribution in [0.25, 0.3) is 10.8 Å². The van der Waals surface area contributed by atoms with Gasteiger partial charge in [-0.25, -0.2) is 0 Å². The van der Waals surface area contributed by atoms with Gasteiger partial charge in [0, 0.05) is 0 Å². The third kappa shape index (κ3) is 4.20. The van der Waals surface area contributed by atoms with Crippen molar-refractivity contribution < 1.29 is 9.53 Å². The predicted molar refractivity (Wildman–Crippen MR) is 105 cm³/mol. The van der Waals surface area contributed by atoms with Crippen LogP contribution in [0.1, 0.15) is 24.1 Å². The average molecular weight is 398 g/mol. The number of rotatable bonds is 5. The van der Waals surface area contributed by atoms with Crippen LogP contribution in [0.2, 0.25) is 0 Å². The highest BCUT2D eigenvalue weighted by atomic mass is 79.9. The van der Waals surface area contributed by atoms with E-state index in [4.69, 9.17) is 4.74 Å². The van der Waals surface area contributed by atoms with Crippen molar-refractivity contribution in [1.29, 1.82) is 0 Å². The van der Waals surface area contributed by atoms with Crippen LogP contribution in [0.15, 0.2) is 65.1 Å². The van der Waals surface area contributed by atoms with Crippen LogP contribution < -0.4 is 10.1 Å². The molecule has 0 saturated carbocycles. The van der Waals surface area contributed by atoms with E-state index in [1.165, 1.54) is 5.56 Å². The minimum absolute atomic E-state index is 0.0207. The van der Waals surface area contributed by atoms with Gasteiger partial charge in [-0.1, -0.05) is 60.2 Å². The molecule has 0 radical (unpaired) electrons. The zero-order chi connectivity index (χ0) is 17.8. The molecule has 25 heavy (non-hydrogen) atoms. The van der Waals surface area contributed by atoms with Crippen molar-refractivity contribution >= 4 is 32.6 Å². The molecule has 3 rings (SSSR count). The molecule has 0 fully saturated rings. The van der Waals surface area contributed by atoms with Gasteiger partial charge in [0.15, 0.2) is 6.61 Å². The molecule has 0 aliphatic heterocycles. The van der Waals surface area contributed by atoms with E-state index in [0.29, 0.717) is 5.75 Å². The third-order valence-corrected chi connectivity index (χ3v) is 4.96. The first-order valence-electron chi connectivity index (χ1n) is 8.20. The molecule has 0 bridgehead atoms. The zero-order valence-corrected chi connectivity index (χ0v) is 15.8. The van der Waals surface area contributed by atoms with Crippen LogP contribution in [0.3, 0.4) is 0 Å². The lowest BCUT2D eigenvalue weighted by atomic mass is 10.1. The molecule has 3 aromatic rings. The highest BCUT2D eigenvalue weighted by molar-refractivity contribution is 9.10. The molecule has 1 atom stereocenters. The molecular weight excluding hydrogens is 378 g/mol. The monoisotopic (exact) mass is 397 g/mol. The van der Waals surface area contributed by atoms with Crippen LogP contribution in [0, 0.1) is 6.92 Å². The number of carbonyl (C=O) groups excluding carboxylic acids is 1. The van der Waals surface area contributed by atoms with Gasteiger partial charge in [0.25, 0.3) is 5.91 Å². The first-order chi connectivity index (χ1) is 12.0. The number of carbonyl (C=O) groups is 1. The van der Waals surface area contributed by atoms with Gasteiger partial charge in [0.05, 0.1) is 10.5 Å². The molecular formula is C21H20BrNO2. The fourth-order valence-corrected chi connectivity index (χ4v) is 3.30. The highest BCUT2D eigenvalue weighted by Crippen LogP contribution is 2.32. The summed E-state index contributed by atoms with van der Waals surface area (Å²) in [7, 11) is 0. The molecule has 0 heterocycles. The summed E-state index contributed by atoms with van der Waals surface area (Å²) in [5.74, 6) is 0.518. The average Bonchev–Trinajstić information content (AvgIpc) is 2.62. The van der Waals surface area contributed by atoms with Gasteiger partial charge in [-0.2, -0.15) is 0 Å². The van der Waals surface area contributed by atoms with Crippen molar-refractivity contribution in [3.8, 4) is 5.75 Å². The molecule has 0 unspecified atom stereocenters. The number of fused-ring (bicyclic) bond motifs is 1. The van der Waals surface area contributed by atoms with Gasteiger partial charge >= 0.3 is 0 Å². The van der Waals surface area contributed by atoms with E-state index < -0.39 is 0 Å². The van der Waals surface area contributed by atoms with E-state index in [9.17, 15) is 4.79 Å². The van der Waals surface area contributed by atoms with Gasteiger partial charge in [-0.15, -0.1) is 0 Å². The molecule has 0 aliphatic rings. The van der Waals surface area contributed by atoms with Crippen LogP contribution in [-0.2, 0) is 4.79 Å². The number of nitrogens with one attached hydrogen (secondary N) is 1. The van der Waals surface area contributed by atoms with Gasteiger partial charge in [0.1, 0.15) is 5.75 Å². The molecule has 1 N–H and O–H groups in total. The van der Waals surface area contributed by atoms with E-state index in [2.05, 4.69) is 21.2 Å². The van der Waals surface area contributed by atoms with Gasteiger partial charge < -0.3 is 10.1 Å². The molecule has 3 nitrogen and oxygen atoms in total. The summed E-state index contributed by atoms with van der Waals surface area (Å²) in [5, 5.41) is 5.15. The number of ether oxygens (including phenoxy) is 1. The Balaban J connectivity index is 1.62. The van der Waals surface area contributed by atoms with E-state index in [-0.39, 0.29) is 18.6 Å². The summed E-state index contributed by atoms with van der Waals surface area (Å²) in [5.41, 5.74) is 2.28. The van der Waals surface area contributed by atoms with Crippen molar-refractivity contribution in [2.45, 2.75) is 19.9 Å². The first-order valence-corrected chi connectivity index (χ1v) is 9.00. The quantitative estimate of drug-likeness (QED) is 0.644. The van der Waals surface area contributed by atoms with Crippen LogP contribution >= 0.6 is 15.9 Å². The Morgan fingerprint density at radius 3 is 2.56 bits per heavy atom. The third-order valence-electron chi connectivity index (χ3n) is 4.14. The van der Waals surface area contributed by atoms with Crippen LogP contribution in [-0.4, -0.2) is 12.5 Å². The van der Waals surface area contributed by atoms with E-state index in [1.807, 2.05) is 74.5 Å². The number of hydrogen-bond acceptors (Lipinski definition) is 2. The Morgan fingerprint density at radius 1 is 1.08 bits per heavy atom. The molecule has 0 aliphatic carbocycles. The number of halogens is 1. The van der Waals surface area contributed by atoms with Crippen LogP contribution in [0.5, 0.6) is 5.75 Å². The summed E-state index contributed by atoms with van der Waals surface area (Å²) < 4.78 is 6.57. The lowest BCUT2D eigenvalue weighted by Crippen LogP contribution is -2.31. The summed E-state index contributed by atoms with van der Waals surface area (Å²) in [6.07, 6.45) is 0. The fraction of sp³-hybridized carbons (Fsp3) is 0.190.